The first-order valence-corrected chi connectivity index (χ1v) is 19.9. The maximum absolute atomic E-state index is 14.4. The van der Waals surface area contributed by atoms with E-state index in [9.17, 15) is 45.2 Å². The second kappa shape index (κ2) is 14.7. The second-order valence-electron chi connectivity index (χ2n) is 14.4. The molecule has 1 aromatic carbocycles. The van der Waals surface area contributed by atoms with Crippen molar-refractivity contribution in [2.45, 2.75) is 94.1 Å². The zero-order valence-corrected chi connectivity index (χ0v) is 31.1. The Kier molecular flexibility index (Phi) is 11.0. The molecule has 0 radical (unpaired) electrons. The Morgan fingerprint density at radius 2 is 1.79 bits per heavy atom. The zero-order chi connectivity index (χ0) is 39.1. The van der Waals surface area contributed by atoms with E-state index < -0.39 is 109 Å². The third-order valence-corrected chi connectivity index (χ3v) is 12.1. The van der Waals surface area contributed by atoms with Crippen molar-refractivity contribution in [2.24, 2.45) is 5.92 Å². The average molecular weight is 783 g/mol. The summed E-state index contributed by atoms with van der Waals surface area (Å²) < 4.78 is 79.2. The summed E-state index contributed by atoms with van der Waals surface area (Å²) in [7, 11) is -8.12. The number of nitrogens with one attached hydrogen (secondary N) is 4. The Labute approximate surface area is 306 Å². The van der Waals surface area contributed by atoms with Crippen molar-refractivity contribution in [3.05, 3.63) is 59.8 Å². The first-order valence-electron chi connectivity index (χ1n) is 16.8. The van der Waals surface area contributed by atoms with Gasteiger partial charge in [-0.15, -0.1) is 6.58 Å². The smallest absolute Gasteiger partial charge is 0.410 e. The lowest BCUT2D eigenvalue weighted by Crippen LogP contribution is -2.59. The normalized spacial score (nSPS) is 24.3. The van der Waals surface area contributed by atoms with Gasteiger partial charge in [-0.05, 0) is 51.7 Å². The van der Waals surface area contributed by atoms with Gasteiger partial charge in [-0.25, -0.2) is 35.5 Å². The zero-order valence-electron chi connectivity index (χ0n) is 29.4. The summed E-state index contributed by atoms with van der Waals surface area (Å²) in [4.78, 5) is 69.9. The second-order valence-corrected chi connectivity index (χ2v) is 18.1. The van der Waals surface area contributed by atoms with E-state index in [1.165, 1.54) is 23.1 Å². The molecule has 0 aromatic heterocycles. The number of fused-ring (bicyclic) bond motifs is 1. The van der Waals surface area contributed by atoms with Gasteiger partial charge in [-0.3, -0.25) is 24.0 Å². The Balaban J connectivity index is 1.40. The van der Waals surface area contributed by atoms with E-state index >= 15 is 0 Å². The van der Waals surface area contributed by atoms with E-state index in [0.717, 1.165) is 4.90 Å². The van der Waals surface area contributed by atoms with E-state index in [4.69, 9.17) is 9.47 Å². The van der Waals surface area contributed by atoms with Crippen LogP contribution in [0.3, 0.4) is 0 Å². The number of alkyl carbamates (subject to hydrolysis) is 1. The number of nitrogens with zero attached hydrogens (tertiary/aromatic N) is 2. The van der Waals surface area contributed by atoms with Gasteiger partial charge in [-0.1, -0.05) is 24.8 Å². The van der Waals surface area contributed by atoms with Crippen LogP contribution >= 0.6 is 0 Å². The summed E-state index contributed by atoms with van der Waals surface area (Å²) in [5.74, 6) is -4.04. The van der Waals surface area contributed by atoms with Gasteiger partial charge in [0.15, 0.2) is 0 Å². The molecule has 3 fully saturated rings. The lowest BCUT2D eigenvalue weighted by atomic mass is 10.1. The molecule has 53 heavy (non-hydrogen) atoms. The van der Waals surface area contributed by atoms with E-state index in [2.05, 4.69) is 28.5 Å². The Hall–Kier alpha value is -4.56. The number of rotatable bonds is 13. The molecular weight excluding hydrogens is 740 g/mol. The van der Waals surface area contributed by atoms with Crippen LogP contribution < -0.4 is 20.1 Å². The third-order valence-electron chi connectivity index (χ3n) is 9.25. The molecule has 1 aromatic rings. The fourth-order valence-corrected chi connectivity index (χ4v) is 8.11. The molecule has 290 valence electrons. The molecule has 2 saturated carbocycles. The summed E-state index contributed by atoms with van der Waals surface area (Å²) in [6.07, 6.45) is -1.25. The first-order chi connectivity index (χ1) is 24.7. The fraction of sp³-hybridized carbons (Fsp3) is 0.545. The van der Waals surface area contributed by atoms with Crippen molar-refractivity contribution in [3.8, 4) is 0 Å². The van der Waals surface area contributed by atoms with Gasteiger partial charge >= 0.3 is 12.2 Å². The van der Waals surface area contributed by atoms with Crippen LogP contribution in [-0.2, 0) is 57.0 Å². The molecule has 1 saturated heterocycles. The highest BCUT2D eigenvalue weighted by Crippen LogP contribution is 2.45. The van der Waals surface area contributed by atoms with Crippen molar-refractivity contribution in [3.63, 3.8) is 0 Å². The van der Waals surface area contributed by atoms with Gasteiger partial charge in [-0.2, -0.15) is 0 Å². The van der Waals surface area contributed by atoms with Crippen LogP contribution in [0.5, 0.6) is 0 Å². The number of halogens is 1. The van der Waals surface area contributed by atoms with E-state index in [1.54, 1.807) is 26.8 Å². The number of hydrogen-bond donors (Lipinski definition) is 4. The summed E-state index contributed by atoms with van der Waals surface area (Å²) in [5, 5.41) is 4.77. The molecule has 0 spiro atoms. The number of hydrogen-bond acceptors (Lipinski definition) is 11. The number of benzene rings is 1. The predicted molar refractivity (Wildman–Crippen MR) is 186 cm³/mol. The van der Waals surface area contributed by atoms with Crippen LogP contribution in [0.4, 0.5) is 14.0 Å². The molecule has 5 amide bonds. The van der Waals surface area contributed by atoms with E-state index in [1.807, 2.05) is 4.72 Å². The molecule has 17 nitrogen and oxygen atoms in total. The molecule has 5 atom stereocenters. The molecule has 1 unspecified atom stereocenters. The van der Waals surface area contributed by atoms with Crippen molar-refractivity contribution >= 4 is 50.0 Å². The molecule has 0 bridgehead atoms. The standard InChI is InChI=1S/C33H43FN6O11S2/c1-6-20-14-33(20,29(43)38-53(48,49)22-11-12-22)37-27(41)26-13-21(50-31(45)39-16-19-9-8-10-24(34)23(19)18-39)17-40(26)28(42)25(15-35-52(46,47)7-2)36-30(44)51-32(3,4)5/h6-10,20-22,25-26,35H,1-2,11-18H2,3-5H3,(H,36,44)(H,37,41)(H,38,43)/t20-,21?,25+,26+,33-/m1/s1. The molecule has 4 N–H and O–H groups in total. The number of likely N-dealkylation sites (tertiary alicyclic amines) is 1. The summed E-state index contributed by atoms with van der Waals surface area (Å²) in [6.45, 7) is 10.4. The minimum absolute atomic E-state index is 0.00553. The number of ether oxygens (including phenoxy) is 2. The van der Waals surface area contributed by atoms with Crippen molar-refractivity contribution < 1.29 is 54.7 Å². The van der Waals surface area contributed by atoms with Crippen LogP contribution in [-0.4, -0.2) is 104 Å². The van der Waals surface area contributed by atoms with Gasteiger partial charge in [0.05, 0.1) is 18.3 Å². The van der Waals surface area contributed by atoms with Gasteiger partial charge in [0.25, 0.3) is 5.91 Å². The van der Waals surface area contributed by atoms with Gasteiger partial charge in [0, 0.05) is 36.4 Å². The van der Waals surface area contributed by atoms with Crippen LogP contribution in [0.2, 0.25) is 0 Å². The molecule has 5 rings (SSSR count). The number of carbonyl (C=O) groups is 5. The quantitative estimate of drug-likeness (QED) is 0.205. The molecule has 2 aliphatic heterocycles. The molecule has 2 heterocycles. The first kappa shape index (κ1) is 39.6. The van der Waals surface area contributed by atoms with Crippen molar-refractivity contribution in [1.82, 2.24) is 29.9 Å². The van der Waals surface area contributed by atoms with Crippen LogP contribution in [0.25, 0.3) is 0 Å². The highest BCUT2D eigenvalue weighted by molar-refractivity contribution is 7.92. The maximum atomic E-state index is 14.4. The minimum atomic E-state index is -4.12. The summed E-state index contributed by atoms with van der Waals surface area (Å²) >= 11 is 0. The maximum Gasteiger partial charge on any atom is 0.410 e. The minimum Gasteiger partial charge on any atom is -0.444 e. The van der Waals surface area contributed by atoms with Gasteiger partial charge < -0.3 is 25.0 Å². The van der Waals surface area contributed by atoms with Crippen LogP contribution in [0, 0.1) is 11.7 Å². The van der Waals surface area contributed by atoms with Crippen molar-refractivity contribution in [2.75, 3.05) is 13.1 Å². The van der Waals surface area contributed by atoms with E-state index in [-0.39, 0.29) is 25.9 Å². The third kappa shape index (κ3) is 9.15. The highest BCUT2D eigenvalue weighted by atomic mass is 32.2. The summed E-state index contributed by atoms with van der Waals surface area (Å²) in [6, 6.07) is 1.30. The Morgan fingerprint density at radius 1 is 1.09 bits per heavy atom. The van der Waals surface area contributed by atoms with Crippen molar-refractivity contribution in [1.29, 1.82) is 0 Å². The topological polar surface area (TPSA) is 227 Å². The number of amides is 5. The lowest BCUT2D eigenvalue weighted by molar-refractivity contribution is -0.141. The van der Waals surface area contributed by atoms with Crippen LogP contribution in [0.15, 0.2) is 42.8 Å². The predicted octanol–water partition coefficient (Wildman–Crippen LogP) is 0.873. The fourth-order valence-electron chi connectivity index (χ4n) is 6.23. The van der Waals surface area contributed by atoms with Crippen LogP contribution in [0.1, 0.15) is 57.6 Å². The number of carbonyl (C=O) groups excluding carboxylic acids is 5. The largest absolute Gasteiger partial charge is 0.444 e. The van der Waals surface area contributed by atoms with E-state index in [0.29, 0.717) is 29.4 Å². The SMILES string of the molecule is C=C[C@@H]1C[C@]1(NC(=O)[C@@H]1CC(OC(=O)N2Cc3cccc(F)c3C2)CN1C(=O)[C@H](CNS(=O)(=O)C=C)NC(=O)OC(C)(C)C)C(=O)NS(=O)(=O)C1CC1. The molecule has 2 aliphatic carbocycles. The Bertz CT molecular complexity index is 1930. The molecule has 4 aliphatic rings. The molecule has 20 heteroatoms. The monoisotopic (exact) mass is 782 g/mol. The summed E-state index contributed by atoms with van der Waals surface area (Å²) in [5.41, 5.74) is -1.84. The Morgan fingerprint density at radius 3 is 2.38 bits per heavy atom. The highest BCUT2D eigenvalue weighted by Gasteiger charge is 2.62. The average Bonchev–Trinajstić information content (AvgIpc) is 3.96. The van der Waals surface area contributed by atoms with Gasteiger partial charge in [0.2, 0.25) is 31.9 Å². The molecular formula is C33H43FN6O11S2. The number of sulfonamides is 2. The lowest BCUT2D eigenvalue weighted by Gasteiger charge is -2.30. The van der Waals surface area contributed by atoms with Gasteiger partial charge in [0.1, 0.15) is 35.1 Å².